The van der Waals surface area contributed by atoms with Gasteiger partial charge in [0.05, 0.1) is 26.9 Å². The number of methoxy groups -OCH3 is 1. The summed E-state index contributed by atoms with van der Waals surface area (Å²) in [7, 11) is 1.63. The molecule has 188 valence electrons. The van der Waals surface area contributed by atoms with Crippen molar-refractivity contribution in [3.8, 4) is 17.2 Å². The third-order valence-electron chi connectivity index (χ3n) is 5.89. The monoisotopic (exact) mass is 501 g/mol. The van der Waals surface area contributed by atoms with Crippen molar-refractivity contribution in [2.45, 2.75) is 25.6 Å². The van der Waals surface area contributed by atoms with Crippen molar-refractivity contribution in [2.24, 2.45) is 0 Å². The maximum absolute atomic E-state index is 11.2. The lowest BCUT2D eigenvalue weighted by atomic mass is 10.1. The molecule has 3 aromatic rings. The van der Waals surface area contributed by atoms with Gasteiger partial charge in [-0.2, -0.15) is 0 Å². The second-order valence-electron chi connectivity index (χ2n) is 8.74. The summed E-state index contributed by atoms with van der Waals surface area (Å²) in [5.41, 5.74) is -0.0904. The number of imidazole rings is 1. The maximum Gasteiger partial charge on any atom is 0.161 e. The van der Waals surface area contributed by atoms with Gasteiger partial charge in [-0.1, -0.05) is 23.7 Å². The number of hydrogen-bond acceptors (Lipinski definition) is 7. The predicted molar refractivity (Wildman–Crippen MR) is 133 cm³/mol. The van der Waals surface area contributed by atoms with Gasteiger partial charge in [0.25, 0.3) is 0 Å². The molecule has 0 unspecified atom stereocenters. The van der Waals surface area contributed by atoms with E-state index in [4.69, 9.17) is 30.5 Å². The summed E-state index contributed by atoms with van der Waals surface area (Å²) in [5, 5.41) is 11.8. The Morgan fingerprint density at radius 2 is 2.06 bits per heavy atom. The summed E-state index contributed by atoms with van der Waals surface area (Å²) in [6.07, 6.45) is 3.72. The Hall–Kier alpha value is -2.78. The lowest BCUT2D eigenvalue weighted by Crippen LogP contribution is -2.48. The topological polar surface area (TPSA) is 78.2 Å². The second-order valence-corrected chi connectivity index (χ2v) is 9.17. The Balaban J connectivity index is 1.38. The number of benzene rings is 2. The van der Waals surface area contributed by atoms with Crippen LogP contribution >= 0.6 is 11.6 Å². The highest BCUT2D eigenvalue weighted by Gasteiger charge is 2.33. The number of aryl methyl sites for hydroxylation is 1. The minimum absolute atomic E-state index is 0.106. The third-order valence-corrected chi connectivity index (χ3v) is 6.13. The highest BCUT2D eigenvalue weighted by molar-refractivity contribution is 6.30. The van der Waals surface area contributed by atoms with Gasteiger partial charge in [0.1, 0.15) is 30.4 Å². The highest BCUT2D eigenvalue weighted by Crippen LogP contribution is 2.29. The zero-order valence-corrected chi connectivity index (χ0v) is 20.9. The number of hydrogen-bond donors (Lipinski definition) is 1. The number of rotatable bonds is 10. The molecule has 2 heterocycles. The molecule has 1 aliphatic rings. The number of halogens is 1. The van der Waals surface area contributed by atoms with Crippen LogP contribution in [-0.2, 0) is 17.8 Å². The maximum atomic E-state index is 11.2. The summed E-state index contributed by atoms with van der Waals surface area (Å²) in [6, 6.07) is 13.1. The first-order valence-electron chi connectivity index (χ1n) is 11.6. The molecule has 1 fully saturated rings. The first-order valence-corrected chi connectivity index (χ1v) is 12.0. The van der Waals surface area contributed by atoms with Crippen molar-refractivity contribution >= 4 is 11.6 Å². The van der Waals surface area contributed by atoms with Gasteiger partial charge in [-0.25, -0.2) is 4.98 Å². The molecule has 8 nitrogen and oxygen atoms in total. The molecule has 0 amide bonds. The Bertz CT molecular complexity index is 1110. The Morgan fingerprint density at radius 1 is 1.17 bits per heavy atom. The minimum atomic E-state index is -1.15. The van der Waals surface area contributed by atoms with Crippen molar-refractivity contribution in [3.05, 3.63) is 71.3 Å². The average molecular weight is 502 g/mol. The molecule has 0 aliphatic carbocycles. The normalized spacial score (nSPS) is 18.7. The van der Waals surface area contributed by atoms with Gasteiger partial charge in [0.2, 0.25) is 0 Å². The van der Waals surface area contributed by atoms with Crippen LogP contribution in [0.3, 0.4) is 0 Å². The lowest BCUT2D eigenvalue weighted by Gasteiger charge is -2.30. The summed E-state index contributed by atoms with van der Waals surface area (Å²) in [4.78, 5) is 6.40. The molecule has 1 N–H and O–H groups in total. The van der Waals surface area contributed by atoms with Crippen LogP contribution in [0, 0.1) is 6.92 Å². The fourth-order valence-electron chi connectivity index (χ4n) is 4.08. The van der Waals surface area contributed by atoms with Crippen LogP contribution in [0.25, 0.3) is 0 Å². The highest BCUT2D eigenvalue weighted by atomic mass is 35.5. The lowest BCUT2D eigenvalue weighted by molar-refractivity contribution is -0.0646. The van der Waals surface area contributed by atoms with Crippen LogP contribution in [0.5, 0.6) is 17.2 Å². The van der Waals surface area contributed by atoms with Gasteiger partial charge >= 0.3 is 0 Å². The molecule has 1 aromatic heterocycles. The van der Waals surface area contributed by atoms with Crippen molar-refractivity contribution in [1.82, 2.24) is 14.5 Å². The van der Waals surface area contributed by atoms with E-state index in [-0.39, 0.29) is 13.2 Å². The van der Waals surface area contributed by atoms with Gasteiger partial charge in [-0.15, -0.1) is 0 Å². The first kappa shape index (κ1) is 25.3. The molecule has 1 aliphatic heterocycles. The fourth-order valence-corrected chi connectivity index (χ4v) is 4.26. The molecule has 0 bridgehead atoms. The Morgan fingerprint density at radius 3 is 2.83 bits per heavy atom. The largest absolute Gasteiger partial charge is 0.493 e. The van der Waals surface area contributed by atoms with Gasteiger partial charge in [0, 0.05) is 37.1 Å². The number of ether oxygens (including phenoxy) is 4. The first-order chi connectivity index (χ1) is 16.9. The smallest absolute Gasteiger partial charge is 0.161 e. The van der Waals surface area contributed by atoms with E-state index in [1.165, 1.54) is 0 Å². The average Bonchev–Trinajstić information content (AvgIpc) is 3.15. The van der Waals surface area contributed by atoms with Gasteiger partial charge < -0.3 is 28.6 Å². The van der Waals surface area contributed by atoms with E-state index in [1.807, 2.05) is 48.0 Å². The van der Waals surface area contributed by atoms with Gasteiger partial charge in [0.15, 0.2) is 11.5 Å². The van der Waals surface area contributed by atoms with Crippen LogP contribution < -0.4 is 14.2 Å². The number of aromatic nitrogens is 2. The summed E-state index contributed by atoms with van der Waals surface area (Å²) in [5.74, 6) is 2.93. The zero-order valence-electron chi connectivity index (χ0n) is 20.2. The van der Waals surface area contributed by atoms with Crippen LogP contribution in [0.15, 0.2) is 54.9 Å². The molecule has 1 atom stereocenters. The SMILES string of the molecule is COc1ccc(CN2CCOC[C@](O)(COc3cccc(Cl)c3)C2)cc1OCCn1ccnc1C. The van der Waals surface area contributed by atoms with Gasteiger partial charge in [-0.05, 0) is 42.8 Å². The molecular weight excluding hydrogens is 470 g/mol. The minimum Gasteiger partial charge on any atom is -0.493 e. The van der Waals surface area contributed by atoms with E-state index < -0.39 is 5.60 Å². The fraction of sp³-hybridized carbons (Fsp3) is 0.423. The summed E-state index contributed by atoms with van der Waals surface area (Å²) < 4.78 is 25.1. The van der Waals surface area contributed by atoms with Crippen molar-refractivity contribution < 1.29 is 24.1 Å². The zero-order chi connectivity index (χ0) is 24.7. The van der Waals surface area contributed by atoms with Crippen molar-refractivity contribution in [1.29, 1.82) is 0 Å². The number of β-amino-alcohol motifs (C(OH)–C–C–N with tert-alkyl or cyclic N) is 1. The molecule has 2 aromatic carbocycles. The molecule has 35 heavy (non-hydrogen) atoms. The van der Waals surface area contributed by atoms with Crippen LogP contribution in [-0.4, -0.2) is 71.8 Å². The molecule has 4 rings (SSSR count). The summed E-state index contributed by atoms with van der Waals surface area (Å²) >= 11 is 6.04. The third kappa shape index (κ3) is 7.11. The van der Waals surface area contributed by atoms with Crippen LogP contribution in [0.1, 0.15) is 11.4 Å². The predicted octanol–water partition coefficient (Wildman–Crippen LogP) is 3.57. The van der Waals surface area contributed by atoms with E-state index in [0.29, 0.717) is 61.7 Å². The van der Waals surface area contributed by atoms with E-state index in [0.717, 1.165) is 11.4 Å². The van der Waals surface area contributed by atoms with E-state index in [1.54, 1.807) is 25.4 Å². The molecule has 0 radical (unpaired) electrons. The van der Waals surface area contributed by atoms with Crippen LogP contribution in [0.2, 0.25) is 5.02 Å². The molecule has 1 saturated heterocycles. The van der Waals surface area contributed by atoms with E-state index >= 15 is 0 Å². The second kappa shape index (κ2) is 11.8. The molecule has 9 heteroatoms. The number of nitrogens with zero attached hydrogens (tertiary/aromatic N) is 3. The van der Waals surface area contributed by atoms with Crippen molar-refractivity contribution in [3.63, 3.8) is 0 Å². The molecular formula is C26H32ClN3O5. The molecule has 0 saturated carbocycles. The Kier molecular flexibility index (Phi) is 8.51. The van der Waals surface area contributed by atoms with E-state index in [2.05, 4.69) is 9.88 Å². The van der Waals surface area contributed by atoms with Gasteiger partial charge in [-0.3, -0.25) is 4.90 Å². The van der Waals surface area contributed by atoms with Crippen molar-refractivity contribution in [2.75, 3.05) is 46.6 Å². The van der Waals surface area contributed by atoms with Crippen LogP contribution in [0.4, 0.5) is 0 Å². The summed E-state index contributed by atoms with van der Waals surface area (Å²) in [6.45, 7) is 5.73. The quantitative estimate of drug-likeness (QED) is 0.455. The van der Waals surface area contributed by atoms with E-state index in [9.17, 15) is 5.11 Å². The number of aliphatic hydroxyl groups is 1. The standard InChI is InChI=1S/C26H32ClN3O5/c1-20-28-8-9-30(20)11-13-34-25-14-21(6-7-24(25)32-2)16-29-10-12-33-18-26(31,17-29)19-35-23-5-3-4-22(27)15-23/h3-9,14-15,31H,10-13,16-19H2,1-2H3/t26-/m0/s1. The molecule has 0 spiro atoms. The Labute approximate surface area is 211 Å².